The molecular weight excluding hydrogens is 304 g/mol. The summed E-state index contributed by atoms with van der Waals surface area (Å²) in [5.74, 6) is -0.518. The number of esters is 1. The van der Waals surface area contributed by atoms with Crippen LogP contribution in [-0.4, -0.2) is 32.8 Å². The lowest BCUT2D eigenvalue weighted by Crippen LogP contribution is -2.12. The molecule has 7 nitrogen and oxygen atoms in total. The van der Waals surface area contributed by atoms with Crippen LogP contribution < -0.4 is 5.56 Å². The largest absolute Gasteiger partial charge is 0.465 e. The number of aryl methyl sites for hydroxylation is 3. The Labute approximate surface area is 129 Å². The van der Waals surface area contributed by atoms with E-state index in [-0.39, 0.29) is 11.1 Å². The van der Waals surface area contributed by atoms with Crippen molar-refractivity contribution in [2.75, 3.05) is 7.11 Å². The molecule has 3 rings (SSSR count). The summed E-state index contributed by atoms with van der Waals surface area (Å²) in [6, 6.07) is 0. The lowest BCUT2D eigenvalue weighted by atomic mass is 10.1. The summed E-state index contributed by atoms with van der Waals surface area (Å²) < 4.78 is 6.55. The summed E-state index contributed by atoms with van der Waals surface area (Å²) in [5.41, 5.74) is 1.65. The van der Waals surface area contributed by atoms with Crippen molar-refractivity contribution >= 4 is 17.3 Å². The lowest BCUT2D eigenvalue weighted by Gasteiger charge is -2.10. The molecule has 0 amide bonds. The van der Waals surface area contributed by atoms with Gasteiger partial charge in [0.1, 0.15) is 11.3 Å². The first-order chi connectivity index (χ1) is 10.6. The van der Waals surface area contributed by atoms with Gasteiger partial charge in [-0.1, -0.05) is 0 Å². The topological polar surface area (TPSA) is 89.9 Å². The molecule has 22 heavy (non-hydrogen) atoms. The van der Waals surface area contributed by atoms with Crippen molar-refractivity contribution in [3.05, 3.63) is 44.4 Å². The van der Waals surface area contributed by atoms with Crippen molar-refractivity contribution in [1.29, 1.82) is 0 Å². The van der Waals surface area contributed by atoms with Gasteiger partial charge in [-0.05, 0) is 6.92 Å². The maximum absolute atomic E-state index is 11.9. The Bertz CT molecular complexity index is 848. The van der Waals surface area contributed by atoms with E-state index in [0.29, 0.717) is 17.8 Å². The van der Waals surface area contributed by atoms with E-state index in [4.69, 9.17) is 4.74 Å². The van der Waals surface area contributed by atoms with Gasteiger partial charge in [-0.3, -0.25) is 4.79 Å². The number of fused-ring (bicyclic) bond motifs is 1. The number of hydrogen-bond acceptors (Lipinski definition) is 6. The number of aromatic amines is 1. The molecule has 0 atom stereocenters. The Kier molecular flexibility index (Phi) is 3.76. The van der Waals surface area contributed by atoms with Crippen molar-refractivity contribution in [2.24, 2.45) is 0 Å². The van der Waals surface area contributed by atoms with Gasteiger partial charge in [-0.15, -0.1) is 11.3 Å². The van der Waals surface area contributed by atoms with Crippen LogP contribution >= 0.6 is 11.3 Å². The number of H-pyrrole nitrogens is 1. The van der Waals surface area contributed by atoms with Crippen molar-refractivity contribution in [1.82, 2.24) is 19.7 Å². The van der Waals surface area contributed by atoms with Crippen LogP contribution in [0.1, 0.15) is 21.1 Å². The first-order valence-electron chi connectivity index (χ1n) is 6.66. The van der Waals surface area contributed by atoms with E-state index in [2.05, 4.69) is 15.2 Å². The maximum Gasteiger partial charge on any atom is 0.341 e. The molecule has 114 valence electrons. The standard InChI is InChI=1S/C14H14N4O3S/c1-8-7-22-11(15-8)3-4-18-5-9-12(16-17-13(9)19)10(6-18)14(20)21-2/h5-7H,3-4H2,1-2H3,(H,17,19). The minimum absolute atomic E-state index is 0.272. The minimum Gasteiger partial charge on any atom is -0.465 e. The van der Waals surface area contributed by atoms with E-state index in [0.717, 1.165) is 17.1 Å². The number of carbonyl (C=O) groups is 1. The smallest absolute Gasteiger partial charge is 0.341 e. The predicted octanol–water partition coefficient (Wildman–Crippen LogP) is 1.47. The molecule has 3 heterocycles. The quantitative estimate of drug-likeness (QED) is 0.736. The summed E-state index contributed by atoms with van der Waals surface area (Å²) >= 11 is 1.60. The molecule has 2 aliphatic heterocycles. The second kappa shape index (κ2) is 5.72. The van der Waals surface area contributed by atoms with Crippen molar-refractivity contribution in [3.8, 4) is 11.3 Å². The molecule has 1 aromatic heterocycles. The van der Waals surface area contributed by atoms with Crippen LogP contribution in [0.15, 0.2) is 22.6 Å². The predicted molar refractivity (Wildman–Crippen MR) is 81.4 cm³/mol. The fraction of sp³-hybridized carbons (Fsp3) is 0.286. The molecule has 0 aromatic carbocycles. The highest BCUT2D eigenvalue weighted by molar-refractivity contribution is 7.09. The fourth-order valence-electron chi connectivity index (χ4n) is 2.22. The number of aromatic nitrogens is 4. The third-order valence-electron chi connectivity index (χ3n) is 3.27. The molecular formula is C14H14N4O3S. The zero-order valence-corrected chi connectivity index (χ0v) is 12.9. The number of nitrogens with one attached hydrogen (secondary N) is 1. The van der Waals surface area contributed by atoms with Gasteiger partial charge in [0, 0.05) is 36.4 Å². The van der Waals surface area contributed by atoms with Crippen molar-refractivity contribution in [2.45, 2.75) is 19.9 Å². The second-order valence-corrected chi connectivity index (χ2v) is 5.79. The summed E-state index contributed by atoms with van der Waals surface area (Å²) in [6.07, 6.45) is 4.06. The van der Waals surface area contributed by atoms with Gasteiger partial charge in [0.2, 0.25) is 0 Å². The molecule has 0 unspecified atom stereocenters. The monoisotopic (exact) mass is 318 g/mol. The molecule has 8 heteroatoms. The zero-order valence-electron chi connectivity index (χ0n) is 12.1. The van der Waals surface area contributed by atoms with Gasteiger partial charge in [0.15, 0.2) is 0 Å². The molecule has 0 radical (unpaired) electrons. The van der Waals surface area contributed by atoms with Crippen LogP contribution in [0.25, 0.3) is 11.3 Å². The number of carbonyl (C=O) groups excluding carboxylic acids is 1. The number of hydrogen-bond donors (Lipinski definition) is 1. The molecule has 1 aromatic rings. The summed E-state index contributed by atoms with van der Waals surface area (Å²) in [6.45, 7) is 2.56. The molecule has 0 saturated heterocycles. The Balaban J connectivity index is 1.95. The number of nitrogens with zero attached hydrogens (tertiary/aromatic N) is 3. The molecule has 1 N–H and O–H groups in total. The highest BCUT2D eigenvalue weighted by Gasteiger charge is 2.21. The van der Waals surface area contributed by atoms with E-state index in [1.54, 1.807) is 28.3 Å². The number of thiazole rings is 1. The average Bonchev–Trinajstić information content (AvgIpc) is 3.10. The molecule has 0 spiro atoms. The minimum atomic E-state index is -0.518. The number of pyridine rings is 1. The van der Waals surface area contributed by atoms with E-state index < -0.39 is 5.97 Å². The van der Waals surface area contributed by atoms with Gasteiger partial charge >= 0.3 is 5.97 Å². The molecule has 0 fully saturated rings. The number of ether oxygens (including phenoxy) is 1. The van der Waals surface area contributed by atoms with Gasteiger partial charge in [0.05, 0.1) is 17.7 Å². The van der Waals surface area contributed by atoms with Gasteiger partial charge in [-0.2, -0.15) is 5.10 Å². The number of rotatable bonds is 4. The van der Waals surface area contributed by atoms with Crippen molar-refractivity contribution < 1.29 is 9.53 Å². The third-order valence-corrected chi connectivity index (χ3v) is 4.30. The fourth-order valence-corrected chi connectivity index (χ4v) is 2.99. The number of methoxy groups -OCH3 is 1. The Morgan fingerprint density at radius 2 is 2.27 bits per heavy atom. The van der Waals surface area contributed by atoms with E-state index in [1.165, 1.54) is 7.11 Å². The first kappa shape index (κ1) is 14.5. The Morgan fingerprint density at radius 1 is 1.45 bits per heavy atom. The van der Waals surface area contributed by atoms with Gasteiger partial charge < -0.3 is 9.30 Å². The highest BCUT2D eigenvalue weighted by atomic mass is 32.1. The van der Waals surface area contributed by atoms with Crippen LogP contribution in [0.4, 0.5) is 0 Å². The van der Waals surface area contributed by atoms with Crippen LogP contribution in [-0.2, 0) is 17.7 Å². The normalized spacial score (nSPS) is 11.0. The van der Waals surface area contributed by atoms with Crippen molar-refractivity contribution in [3.63, 3.8) is 0 Å². The molecule has 0 bridgehead atoms. The van der Waals surface area contributed by atoms with E-state index in [1.807, 2.05) is 12.3 Å². The first-order valence-corrected chi connectivity index (χ1v) is 7.54. The summed E-state index contributed by atoms with van der Waals surface area (Å²) in [4.78, 5) is 28.0. The molecule has 0 saturated carbocycles. The summed E-state index contributed by atoms with van der Waals surface area (Å²) in [5, 5.41) is 9.26. The Hall–Kier alpha value is -2.48. The van der Waals surface area contributed by atoms with Gasteiger partial charge in [0.25, 0.3) is 5.56 Å². The van der Waals surface area contributed by atoms with Crippen LogP contribution in [0, 0.1) is 6.92 Å². The third kappa shape index (κ3) is 2.64. The molecule has 2 aliphatic rings. The molecule has 0 aliphatic carbocycles. The van der Waals surface area contributed by atoms with Crippen LogP contribution in [0.2, 0.25) is 0 Å². The summed E-state index contributed by atoms with van der Waals surface area (Å²) in [7, 11) is 1.30. The zero-order chi connectivity index (χ0) is 15.7. The maximum atomic E-state index is 11.9. The average molecular weight is 318 g/mol. The van der Waals surface area contributed by atoms with Crippen LogP contribution in [0.5, 0.6) is 0 Å². The second-order valence-electron chi connectivity index (χ2n) is 4.85. The highest BCUT2D eigenvalue weighted by Crippen LogP contribution is 2.21. The van der Waals surface area contributed by atoms with Gasteiger partial charge in [-0.25, -0.2) is 14.9 Å². The van der Waals surface area contributed by atoms with Crippen LogP contribution in [0.3, 0.4) is 0 Å². The SMILES string of the molecule is COC(=O)c1cn(CCc2nc(C)cs2)cc2c(=O)[nH]nc1-2. The van der Waals surface area contributed by atoms with E-state index >= 15 is 0 Å². The van der Waals surface area contributed by atoms with E-state index in [9.17, 15) is 9.59 Å². The Morgan fingerprint density at radius 3 is 2.95 bits per heavy atom. The lowest BCUT2D eigenvalue weighted by molar-refractivity contribution is 0.0600.